The predicted octanol–water partition coefficient (Wildman–Crippen LogP) is 1.99. The Morgan fingerprint density at radius 1 is 1.05 bits per heavy atom. The van der Waals surface area contributed by atoms with Crippen LogP contribution < -0.4 is 10.6 Å². The van der Waals surface area contributed by atoms with Gasteiger partial charge in [0.05, 0.1) is 6.54 Å². The maximum atomic E-state index is 12.0. The van der Waals surface area contributed by atoms with Gasteiger partial charge in [0.2, 0.25) is 17.7 Å². The molecule has 1 aromatic rings. The van der Waals surface area contributed by atoms with Gasteiger partial charge in [-0.3, -0.25) is 14.4 Å². The zero-order valence-electron chi connectivity index (χ0n) is 12.7. The minimum Gasteiger partial charge on any atom is -0.333 e. The fourth-order valence-electron chi connectivity index (χ4n) is 2.42. The number of likely N-dealkylation sites (tertiary alicyclic amines) is 1. The zero-order chi connectivity index (χ0) is 15.9. The van der Waals surface area contributed by atoms with Crippen LogP contribution in [0.3, 0.4) is 0 Å². The Labute approximate surface area is 129 Å². The van der Waals surface area contributed by atoms with Crippen LogP contribution in [0.4, 0.5) is 11.4 Å². The van der Waals surface area contributed by atoms with Crippen LogP contribution in [-0.4, -0.2) is 35.7 Å². The molecule has 0 saturated carbocycles. The molecule has 0 spiro atoms. The molecule has 2 N–H and O–H groups in total. The second-order valence-corrected chi connectivity index (χ2v) is 5.43. The molecule has 0 radical (unpaired) electrons. The molecule has 0 unspecified atom stereocenters. The minimum atomic E-state index is -0.206. The average molecular weight is 303 g/mol. The van der Waals surface area contributed by atoms with Crippen LogP contribution in [0, 0.1) is 0 Å². The highest BCUT2D eigenvalue weighted by Crippen LogP contribution is 2.14. The van der Waals surface area contributed by atoms with Crippen molar-refractivity contribution in [2.24, 2.45) is 0 Å². The van der Waals surface area contributed by atoms with Crippen molar-refractivity contribution in [2.45, 2.75) is 32.6 Å². The van der Waals surface area contributed by atoms with E-state index in [1.54, 1.807) is 29.2 Å². The van der Waals surface area contributed by atoms with Crippen LogP contribution >= 0.6 is 0 Å². The average Bonchev–Trinajstić information content (AvgIpc) is 2.66. The highest BCUT2D eigenvalue weighted by Gasteiger charge is 2.19. The molecule has 0 bridgehead atoms. The Kier molecular flexibility index (Phi) is 5.52. The molecule has 0 aliphatic carbocycles. The quantitative estimate of drug-likeness (QED) is 0.893. The molecule has 0 aromatic heterocycles. The summed E-state index contributed by atoms with van der Waals surface area (Å²) in [5.74, 6) is -0.298. The third-order valence-electron chi connectivity index (χ3n) is 3.49. The molecule has 1 saturated heterocycles. The number of rotatable bonds is 4. The van der Waals surface area contributed by atoms with Crippen LogP contribution in [0.25, 0.3) is 0 Å². The van der Waals surface area contributed by atoms with E-state index in [2.05, 4.69) is 10.6 Å². The van der Waals surface area contributed by atoms with Crippen LogP contribution in [0.5, 0.6) is 0 Å². The number of anilines is 2. The summed E-state index contributed by atoms with van der Waals surface area (Å²) in [4.78, 5) is 36.4. The van der Waals surface area contributed by atoms with Gasteiger partial charge in [-0.1, -0.05) is 6.42 Å². The molecule has 118 valence electrons. The van der Waals surface area contributed by atoms with E-state index in [1.165, 1.54) is 6.92 Å². The number of carbonyl (C=O) groups excluding carboxylic acids is 3. The van der Waals surface area contributed by atoms with Gasteiger partial charge in [0.1, 0.15) is 0 Å². The third kappa shape index (κ3) is 4.87. The molecule has 2 rings (SSSR count). The first-order valence-electron chi connectivity index (χ1n) is 7.50. The minimum absolute atomic E-state index is 0.0497. The lowest BCUT2D eigenvalue weighted by Gasteiger charge is -2.19. The van der Waals surface area contributed by atoms with Crippen molar-refractivity contribution < 1.29 is 14.4 Å². The van der Waals surface area contributed by atoms with Gasteiger partial charge in [-0.15, -0.1) is 0 Å². The lowest BCUT2D eigenvalue weighted by Crippen LogP contribution is -2.37. The molecule has 1 aliphatic rings. The highest BCUT2D eigenvalue weighted by molar-refractivity contribution is 5.95. The summed E-state index contributed by atoms with van der Waals surface area (Å²) in [6, 6.07) is 6.86. The summed E-state index contributed by atoms with van der Waals surface area (Å²) < 4.78 is 0. The highest BCUT2D eigenvalue weighted by atomic mass is 16.2. The Balaban J connectivity index is 1.88. The summed E-state index contributed by atoms with van der Waals surface area (Å²) >= 11 is 0. The number of nitrogens with one attached hydrogen (secondary N) is 2. The second-order valence-electron chi connectivity index (χ2n) is 5.43. The van der Waals surface area contributed by atoms with E-state index in [-0.39, 0.29) is 24.3 Å². The first-order valence-corrected chi connectivity index (χ1v) is 7.50. The molecule has 0 atom stereocenters. The van der Waals surface area contributed by atoms with Crippen molar-refractivity contribution in [2.75, 3.05) is 23.7 Å². The fourth-order valence-corrected chi connectivity index (χ4v) is 2.42. The van der Waals surface area contributed by atoms with E-state index in [4.69, 9.17) is 0 Å². The monoisotopic (exact) mass is 303 g/mol. The molecule has 22 heavy (non-hydrogen) atoms. The van der Waals surface area contributed by atoms with Gasteiger partial charge in [0.15, 0.2) is 0 Å². The van der Waals surface area contributed by atoms with Gasteiger partial charge in [0.25, 0.3) is 0 Å². The molecular formula is C16H21N3O3. The van der Waals surface area contributed by atoms with E-state index >= 15 is 0 Å². The van der Waals surface area contributed by atoms with Crippen molar-refractivity contribution in [3.8, 4) is 0 Å². The van der Waals surface area contributed by atoms with Crippen LogP contribution in [0.1, 0.15) is 32.6 Å². The SMILES string of the molecule is CC(=O)Nc1ccc(NC(=O)CN2CCCCCC2=O)cc1. The molecule has 1 aliphatic heterocycles. The van der Waals surface area contributed by atoms with Crippen molar-refractivity contribution in [1.82, 2.24) is 4.90 Å². The van der Waals surface area contributed by atoms with Crippen LogP contribution in [-0.2, 0) is 14.4 Å². The lowest BCUT2D eigenvalue weighted by atomic mass is 10.2. The van der Waals surface area contributed by atoms with Gasteiger partial charge in [-0.05, 0) is 37.1 Å². The largest absolute Gasteiger partial charge is 0.333 e. The smallest absolute Gasteiger partial charge is 0.243 e. The number of hydrogen-bond acceptors (Lipinski definition) is 3. The van der Waals surface area contributed by atoms with E-state index < -0.39 is 0 Å². The van der Waals surface area contributed by atoms with Gasteiger partial charge in [-0.25, -0.2) is 0 Å². The predicted molar refractivity (Wildman–Crippen MR) is 84.4 cm³/mol. The van der Waals surface area contributed by atoms with Gasteiger partial charge in [-0.2, -0.15) is 0 Å². The third-order valence-corrected chi connectivity index (χ3v) is 3.49. The topological polar surface area (TPSA) is 78.5 Å². The van der Waals surface area contributed by atoms with Crippen molar-refractivity contribution in [3.63, 3.8) is 0 Å². The Morgan fingerprint density at radius 3 is 2.32 bits per heavy atom. The van der Waals surface area contributed by atoms with E-state index in [9.17, 15) is 14.4 Å². The maximum absolute atomic E-state index is 12.0. The number of carbonyl (C=O) groups is 3. The van der Waals surface area contributed by atoms with Gasteiger partial charge >= 0.3 is 0 Å². The number of nitrogens with zero attached hydrogens (tertiary/aromatic N) is 1. The Hall–Kier alpha value is -2.37. The van der Waals surface area contributed by atoms with Crippen molar-refractivity contribution in [3.05, 3.63) is 24.3 Å². The van der Waals surface area contributed by atoms with Gasteiger partial charge < -0.3 is 15.5 Å². The van der Waals surface area contributed by atoms with E-state index in [1.807, 2.05) is 0 Å². The summed E-state index contributed by atoms with van der Waals surface area (Å²) in [5.41, 5.74) is 1.31. The van der Waals surface area contributed by atoms with Crippen LogP contribution in [0.2, 0.25) is 0 Å². The number of amides is 3. The van der Waals surface area contributed by atoms with E-state index in [0.717, 1.165) is 19.3 Å². The molecule has 3 amide bonds. The molecule has 1 aromatic carbocycles. The standard InChI is InChI=1S/C16H21N3O3/c1-12(20)17-13-6-8-14(9-7-13)18-15(21)11-19-10-4-2-3-5-16(19)22/h6-9H,2-5,10-11H2,1H3,(H,17,20)(H,18,21). The Bertz CT molecular complexity index is 554. The number of hydrogen-bond donors (Lipinski definition) is 2. The van der Waals surface area contributed by atoms with Gasteiger partial charge in [0, 0.05) is 31.3 Å². The molecule has 1 heterocycles. The first-order chi connectivity index (χ1) is 10.5. The summed E-state index contributed by atoms with van der Waals surface area (Å²) in [6.45, 7) is 2.17. The lowest BCUT2D eigenvalue weighted by molar-refractivity contribution is -0.134. The van der Waals surface area contributed by atoms with E-state index in [0.29, 0.717) is 24.3 Å². The second kappa shape index (κ2) is 7.59. The summed E-state index contributed by atoms with van der Waals surface area (Å²) in [6.07, 6.45) is 3.42. The normalized spacial score (nSPS) is 15.1. The molecule has 6 nitrogen and oxygen atoms in total. The van der Waals surface area contributed by atoms with Crippen molar-refractivity contribution >= 4 is 29.1 Å². The first kappa shape index (κ1) is 16.0. The fraction of sp³-hybridized carbons (Fsp3) is 0.438. The van der Waals surface area contributed by atoms with Crippen molar-refractivity contribution in [1.29, 1.82) is 0 Å². The molecule has 6 heteroatoms. The molecule has 1 fully saturated rings. The summed E-state index contributed by atoms with van der Waals surface area (Å²) in [5, 5.41) is 5.42. The summed E-state index contributed by atoms with van der Waals surface area (Å²) in [7, 11) is 0. The Morgan fingerprint density at radius 2 is 1.68 bits per heavy atom. The zero-order valence-corrected chi connectivity index (χ0v) is 12.7. The van der Waals surface area contributed by atoms with Crippen LogP contribution in [0.15, 0.2) is 24.3 Å². The molecular weight excluding hydrogens is 282 g/mol. The maximum Gasteiger partial charge on any atom is 0.243 e. The number of benzene rings is 1.